The maximum absolute atomic E-state index is 12.6. The van der Waals surface area contributed by atoms with Gasteiger partial charge in [-0.05, 0) is 43.0 Å². The summed E-state index contributed by atoms with van der Waals surface area (Å²) in [6.07, 6.45) is 1.61. The molecule has 2 aromatic rings. The Morgan fingerprint density at radius 3 is 2.63 bits per heavy atom. The highest BCUT2D eigenvalue weighted by atomic mass is 16.6. The molecule has 0 aliphatic carbocycles. The van der Waals surface area contributed by atoms with Gasteiger partial charge >= 0.3 is 0 Å². The zero-order valence-corrected chi connectivity index (χ0v) is 15.2. The summed E-state index contributed by atoms with van der Waals surface area (Å²) in [5.41, 5.74) is 7.78. The molecule has 7 heteroatoms. The van der Waals surface area contributed by atoms with Crippen LogP contribution < -0.4 is 11.1 Å². The topological polar surface area (TPSA) is 107 Å². The number of hydrogen-bond donors (Lipinski definition) is 2. The molecule has 1 aliphatic heterocycles. The van der Waals surface area contributed by atoms with E-state index in [1.165, 1.54) is 29.3 Å². The van der Waals surface area contributed by atoms with Gasteiger partial charge in [0.25, 0.3) is 11.6 Å². The number of carbonyl (C=O) groups excluding carboxylic acids is 1. The molecule has 142 valence electrons. The summed E-state index contributed by atoms with van der Waals surface area (Å²) in [7, 11) is 0. The number of nitrogens with zero attached hydrogens (tertiary/aromatic N) is 1. The number of hydrogen-bond acceptors (Lipinski definition) is 5. The second kappa shape index (κ2) is 7.75. The number of carbonyl (C=O) groups is 1. The fraction of sp³-hybridized carbons (Fsp3) is 0.350. The molecule has 0 spiro atoms. The zero-order chi connectivity index (χ0) is 19.4. The Bertz CT molecular complexity index is 860. The molecule has 0 aromatic heterocycles. The predicted octanol–water partition coefficient (Wildman–Crippen LogP) is 2.96. The summed E-state index contributed by atoms with van der Waals surface area (Å²) in [6, 6.07) is 12.3. The van der Waals surface area contributed by atoms with E-state index < -0.39 is 4.92 Å². The number of aryl methyl sites for hydroxylation is 1. The lowest BCUT2D eigenvalue weighted by atomic mass is 9.72. The third-order valence-electron chi connectivity index (χ3n) is 5.24. The van der Waals surface area contributed by atoms with Gasteiger partial charge < -0.3 is 15.8 Å². The number of nitrogen functional groups attached to an aromatic ring is 1. The number of benzene rings is 2. The number of ether oxygens (including phenoxy) is 1. The third-order valence-corrected chi connectivity index (χ3v) is 5.24. The molecule has 7 nitrogen and oxygen atoms in total. The Morgan fingerprint density at radius 1 is 1.26 bits per heavy atom. The van der Waals surface area contributed by atoms with E-state index in [0.717, 1.165) is 12.8 Å². The number of anilines is 1. The van der Waals surface area contributed by atoms with Crippen molar-refractivity contribution in [1.29, 1.82) is 0 Å². The third kappa shape index (κ3) is 3.93. The zero-order valence-electron chi connectivity index (χ0n) is 15.2. The Labute approximate surface area is 157 Å². The van der Waals surface area contributed by atoms with Crippen molar-refractivity contribution in [2.24, 2.45) is 0 Å². The molecule has 0 saturated carbocycles. The molecule has 27 heavy (non-hydrogen) atoms. The van der Waals surface area contributed by atoms with Gasteiger partial charge in [-0.1, -0.05) is 24.3 Å². The normalized spacial score (nSPS) is 15.9. The first-order chi connectivity index (χ1) is 12.9. The van der Waals surface area contributed by atoms with Gasteiger partial charge in [-0.25, -0.2) is 0 Å². The molecule has 0 unspecified atom stereocenters. The summed E-state index contributed by atoms with van der Waals surface area (Å²) in [5, 5.41) is 14.0. The quantitative estimate of drug-likeness (QED) is 0.479. The number of nitrogens with two attached hydrogens (primary N) is 1. The summed E-state index contributed by atoms with van der Waals surface area (Å²) < 4.78 is 5.53. The van der Waals surface area contributed by atoms with Gasteiger partial charge in [0, 0.05) is 36.8 Å². The monoisotopic (exact) mass is 369 g/mol. The van der Waals surface area contributed by atoms with Crippen LogP contribution in [0.1, 0.15) is 34.3 Å². The summed E-state index contributed by atoms with van der Waals surface area (Å²) in [6.45, 7) is 3.78. The summed E-state index contributed by atoms with van der Waals surface area (Å²) in [5.74, 6) is -0.349. The maximum Gasteiger partial charge on any atom is 0.292 e. The second-order valence-corrected chi connectivity index (χ2v) is 6.92. The number of nitro benzene ring substituents is 1. The molecule has 1 fully saturated rings. The van der Waals surface area contributed by atoms with Crippen molar-refractivity contribution in [3.05, 3.63) is 69.3 Å². The summed E-state index contributed by atoms with van der Waals surface area (Å²) in [4.78, 5) is 23.1. The van der Waals surface area contributed by atoms with Crippen molar-refractivity contribution in [3.8, 4) is 0 Å². The van der Waals surface area contributed by atoms with E-state index in [2.05, 4.69) is 24.4 Å². The first kappa shape index (κ1) is 18.8. The maximum atomic E-state index is 12.6. The number of amides is 1. The van der Waals surface area contributed by atoms with Gasteiger partial charge in [0.15, 0.2) is 0 Å². The minimum Gasteiger partial charge on any atom is -0.393 e. The van der Waals surface area contributed by atoms with Crippen molar-refractivity contribution in [2.45, 2.75) is 25.2 Å². The Kier molecular flexibility index (Phi) is 5.41. The largest absolute Gasteiger partial charge is 0.393 e. The van der Waals surface area contributed by atoms with Crippen molar-refractivity contribution < 1.29 is 14.5 Å². The van der Waals surface area contributed by atoms with Gasteiger partial charge in [0.2, 0.25) is 0 Å². The molecule has 1 heterocycles. The summed E-state index contributed by atoms with van der Waals surface area (Å²) >= 11 is 0. The van der Waals surface area contributed by atoms with Crippen molar-refractivity contribution in [2.75, 3.05) is 25.5 Å². The van der Waals surface area contributed by atoms with Crippen molar-refractivity contribution in [1.82, 2.24) is 5.32 Å². The van der Waals surface area contributed by atoms with Gasteiger partial charge in [0.1, 0.15) is 5.69 Å². The van der Waals surface area contributed by atoms with E-state index in [4.69, 9.17) is 10.5 Å². The number of rotatable bonds is 5. The lowest BCUT2D eigenvalue weighted by molar-refractivity contribution is -0.383. The van der Waals surface area contributed by atoms with Crippen LogP contribution in [0.25, 0.3) is 0 Å². The van der Waals surface area contributed by atoms with E-state index in [0.29, 0.717) is 19.8 Å². The molecule has 1 saturated heterocycles. The minimum absolute atomic E-state index is 0.0392. The highest BCUT2D eigenvalue weighted by Gasteiger charge is 2.36. The van der Waals surface area contributed by atoms with Crippen LogP contribution in [0.5, 0.6) is 0 Å². The van der Waals surface area contributed by atoms with Crippen LogP contribution in [0.15, 0.2) is 42.5 Å². The Hall–Kier alpha value is -2.93. The fourth-order valence-electron chi connectivity index (χ4n) is 3.67. The van der Waals surface area contributed by atoms with Crippen LogP contribution in [0.3, 0.4) is 0 Å². The lowest BCUT2D eigenvalue weighted by Gasteiger charge is -2.39. The Morgan fingerprint density at radius 2 is 1.96 bits per heavy atom. The van der Waals surface area contributed by atoms with Crippen molar-refractivity contribution >= 4 is 17.3 Å². The van der Waals surface area contributed by atoms with E-state index in [9.17, 15) is 14.9 Å². The fourth-order valence-corrected chi connectivity index (χ4v) is 3.67. The van der Waals surface area contributed by atoms with E-state index in [-0.39, 0.29) is 28.3 Å². The molecule has 3 N–H and O–H groups in total. The van der Waals surface area contributed by atoms with Crippen LogP contribution >= 0.6 is 0 Å². The van der Waals surface area contributed by atoms with Gasteiger partial charge in [0.05, 0.1) is 4.92 Å². The molecule has 0 radical (unpaired) electrons. The number of nitro groups is 1. The molecule has 0 bridgehead atoms. The molecular formula is C20H23N3O4. The number of nitrogens with one attached hydrogen (secondary N) is 1. The van der Waals surface area contributed by atoms with Gasteiger partial charge in [-0.2, -0.15) is 0 Å². The molecule has 2 aromatic carbocycles. The molecular weight excluding hydrogens is 346 g/mol. The molecule has 3 rings (SSSR count). The van der Waals surface area contributed by atoms with Crippen molar-refractivity contribution in [3.63, 3.8) is 0 Å². The highest BCUT2D eigenvalue weighted by Crippen LogP contribution is 2.36. The smallest absolute Gasteiger partial charge is 0.292 e. The van der Waals surface area contributed by atoms with Gasteiger partial charge in [-0.15, -0.1) is 0 Å². The van der Waals surface area contributed by atoms with E-state index in [1.54, 1.807) is 0 Å². The predicted molar refractivity (Wildman–Crippen MR) is 103 cm³/mol. The average molecular weight is 369 g/mol. The first-order valence-electron chi connectivity index (χ1n) is 8.89. The highest BCUT2D eigenvalue weighted by molar-refractivity contribution is 5.95. The first-order valence-corrected chi connectivity index (χ1v) is 8.89. The minimum atomic E-state index is -0.584. The van der Waals surface area contributed by atoms with Crippen LogP contribution in [0.4, 0.5) is 11.4 Å². The standard InChI is InChI=1S/C20H23N3O4/c1-14-4-2-3-5-16(14)20(8-10-27-11-9-20)13-22-19(24)15-6-7-17(21)18(12-15)23(25)26/h2-7,12H,8-11,13,21H2,1H3,(H,22,24). The van der Waals surface area contributed by atoms with E-state index >= 15 is 0 Å². The molecule has 0 atom stereocenters. The van der Waals surface area contributed by atoms with Gasteiger partial charge in [-0.3, -0.25) is 14.9 Å². The average Bonchev–Trinajstić information content (AvgIpc) is 2.67. The van der Waals surface area contributed by atoms with E-state index in [1.807, 2.05) is 12.1 Å². The molecule has 1 amide bonds. The second-order valence-electron chi connectivity index (χ2n) is 6.92. The Balaban J connectivity index is 1.82. The SMILES string of the molecule is Cc1ccccc1C1(CNC(=O)c2ccc(N)c([N+](=O)[O-])c2)CCOCC1. The van der Waals surface area contributed by atoms with Crippen LogP contribution in [0.2, 0.25) is 0 Å². The van der Waals surface area contributed by atoms with Crippen LogP contribution in [0, 0.1) is 17.0 Å². The van der Waals surface area contributed by atoms with Crippen LogP contribution in [-0.4, -0.2) is 30.6 Å². The lowest BCUT2D eigenvalue weighted by Crippen LogP contribution is -2.45. The van der Waals surface area contributed by atoms with Crippen LogP contribution in [-0.2, 0) is 10.2 Å². The molecule has 1 aliphatic rings.